The molecule has 3 rings (SSSR count). The Kier molecular flexibility index (Phi) is 5.47. The Hall–Kier alpha value is -1.93. The number of halogens is 1. The molecule has 0 bridgehead atoms. The number of rotatable bonds is 5. The standard InChI is InChI=1S/C22H25FO/c1-2-16-3-5-17(6-4-16)18-7-9-19(10-8-18)21-12-11-20(13-14-24)22(23)15-21/h2,7-12,15-17,24H,1,3-6,13-14H2. The number of benzene rings is 2. The van der Waals surface area contributed by atoms with Gasteiger partial charge in [0.05, 0.1) is 0 Å². The molecule has 0 radical (unpaired) electrons. The molecule has 1 fully saturated rings. The maximum Gasteiger partial charge on any atom is 0.127 e. The van der Waals surface area contributed by atoms with Crippen LogP contribution in [0.3, 0.4) is 0 Å². The van der Waals surface area contributed by atoms with E-state index < -0.39 is 0 Å². The van der Waals surface area contributed by atoms with E-state index in [9.17, 15) is 4.39 Å². The highest BCUT2D eigenvalue weighted by Gasteiger charge is 2.20. The van der Waals surface area contributed by atoms with Crippen LogP contribution in [0.1, 0.15) is 42.7 Å². The van der Waals surface area contributed by atoms with Crippen molar-refractivity contribution in [2.24, 2.45) is 5.92 Å². The molecule has 2 aromatic rings. The van der Waals surface area contributed by atoms with E-state index in [1.807, 2.05) is 6.07 Å². The topological polar surface area (TPSA) is 20.2 Å². The zero-order valence-corrected chi connectivity index (χ0v) is 14.0. The van der Waals surface area contributed by atoms with E-state index in [0.717, 1.165) is 11.1 Å². The third-order valence-corrected chi connectivity index (χ3v) is 5.25. The highest BCUT2D eigenvalue weighted by molar-refractivity contribution is 5.64. The van der Waals surface area contributed by atoms with Crippen LogP contribution < -0.4 is 0 Å². The molecule has 0 amide bonds. The van der Waals surface area contributed by atoms with Gasteiger partial charge in [0.1, 0.15) is 5.82 Å². The summed E-state index contributed by atoms with van der Waals surface area (Å²) in [5.74, 6) is 1.08. The molecule has 0 saturated heterocycles. The predicted octanol–water partition coefficient (Wildman–Crippen LogP) is 5.49. The lowest BCUT2D eigenvalue weighted by atomic mass is 9.78. The predicted molar refractivity (Wildman–Crippen MR) is 97.5 cm³/mol. The van der Waals surface area contributed by atoms with Crippen molar-refractivity contribution in [1.82, 2.24) is 0 Å². The minimum atomic E-state index is -0.242. The van der Waals surface area contributed by atoms with Crippen molar-refractivity contribution in [3.8, 4) is 11.1 Å². The Morgan fingerprint density at radius 2 is 1.67 bits per heavy atom. The van der Waals surface area contributed by atoms with E-state index in [2.05, 4.69) is 36.9 Å². The number of aliphatic hydroxyl groups is 1. The van der Waals surface area contributed by atoms with Gasteiger partial charge in [-0.2, -0.15) is 0 Å². The van der Waals surface area contributed by atoms with Gasteiger partial charge in [-0.1, -0.05) is 42.5 Å². The molecule has 2 aromatic carbocycles. The first-order chi connectivity index (χ1) is 11.7. The molecule has 0 spiro atoms. The van der Waals surface area contributed by atoms with Gasteiger partial charge in [-0.3, -0.25) is 0 Å². The summed E-state index contributed by atoms with van der Waals surface area (Å²) in [5.41, 5.74) is 3.87. The van der Waals surface area contributed by atoms with Crippen LogP contribution in [0.5, 0.6) is 0 Å². The molecule has 126 valence electrons. The summed E-state index contributed by atoms with van der Waals surface area (Å²) >= 11 is 0. The van der Waals surface area contributed by atoms with Crippen LogP contribution in [-0.2, 0) is 6.42 Å². The molecule has 1 N–H and O–H groups in total. The quantitative estimate of drug-likeness (QED) is 0.721. The van der Waals surface area contributed by atoms with Gasteiger partial charge in [-0.15, -0.1) is 6.58 Å². The number of aliphatic hydroxyl groups excluding tert-OH is 1. The summed E-state index contributed by atoms with van der Waals surface area (Å²) in [7, 11) is 0. The summed E-state index contributed by atoms with van der Waals surface area (Å²) in [4.78, 5) is 0. The molecule has 0 unspecified atom stereocenters. The molecule has 0 atom stereocenters. The fourth-order valence-corrected chi connectivity index (χ4v) is 3.69. The van der Waals surface area contributed by atoms with Crippen molar-refractivity contribution in [3.05, 3.63) is 72.1 Å². The van der Waals surface area contributed by atoms with Gasteiger partial charge in [0.25, 0.3) is 0 Å². The van der Waals surface area contributed by atoms with E-state index in [1.54, 1.807) is 12.1 Å². The van der Waals surface area contributed by atoms with Crippen molar-refractivity contribution in [2.75, 3.05) is 6.61 Å². The van der Waals surface area contributed by atoms with Gasteiger partial charge < -0.3 is 5.11 Å². The van der Waals surface area contributed by atoms with Gasteiger partial charge in [-0.25, -0.2) is 4.39 Å². The lowest BCUT2D eigenvalue weighted by Crippen LogP contribution is -2.11. The van der Waals surface area contributed by atoms with Crippen LogP contribution in [0, 0.1) is 11.7 Å². The van der Waals surface area contributed by atoms with Gasteiger partial charge >= 0.3 is 0 Å². The van der Waals surface area contributed by atoms with Crippen molar-refractivity contribution in [2.45, 2.75) is 38.0 Å². The second-order valence-corrected chi connectivity index (χ2v) is 6.75. The first-order valence-electron chi connectivity index (χ1n) is 8.83. The third kappa shape index (κ3) is 3.76. The maximum absolute atomic E-state index is 14.0. The average Bonchev–Trinajstić information content (AvgIpc) is 2.64. The largest absolute Gasteiger partial charge is 0.396 e. The molecule has 0 aliphatic heterocycles. The Balaban J connectivity index is 1.73. The second kappa shape index (κ2) is 7.76. The zero-order valence-electron chi connectivity index (χ0n) is 14.0. The van der Waals surface area contributed by atoms with Crippen LogP contribution in [0.4, 0.5) is 4.39 Å². The van der Waals surface area contributed by atoms with Crippen molar-refractivity contribution in [3.63, 3.8) is 0 Å². The molecule has 1 aliphatic rings. The highest BCUT2D eigenvalue weighted by atomic mass is 19.1. The maximum atomic E-state index is 14.0. The van der Waals surface area contributed by atoms with Crippen LogP contribution in [0.15, 0.2) is 55.1 Å². The molecule has 24 heavy (non-hydrogen) atoms. The van der Waals surface area contributed by atoms with Crippen molar-refractivity contribution >= 4 is 0 Å². The van der Waals surface area contributed by atoms with E-state index in [4.69, 9.17) is 5.11 Å². The molecule has 1 saturated carbocycles. The molecule has 0 heterocycles. The summed E-state index contributed by atoms with van der Waals surface area (Å²) in [6.45, 7) is 3.88. The summed E-state index contributed by atoms with van der Waals surface area (Å²) in [6, 6.07) is 13.8. The van der Waals surface area contributed by atoms with Crippen LogP contribution in [-0.4, -0.2) is 11.7 Å². The first-order valence-corrected chi connectivity index (χ1v) is 8.83. The smallest absolute Gasteiger partial charge is 0.127 e. The lowest BCUT2D eigenvalue weighted by Gasteiger charge is -2.27. The Morgan fingerprint density at radius 3 is 2.25 bits per heavy atom. The molecule has 1 aliphatic carbocycles. The zero-order chi connectivity index (χ0) is 16.9. The second-order valence-electron chi connectivity index (χ2n) is 6.75. The van der Waals surface area contributed by atoms with Gasteiger partial charge in [0.15, 0.2) is 0 Å². The Labute approximate surface area is 143 Å². The third-order valence-electron chi connectivity index (χ3n) is 5.25. The van der Waals surface area contributed by atoms with E-state index >= 15 is 0 Å². The summed E-state index contributed by atoms with van der Waals surface area (Å²) in [6.07, 6.45) is 7.36. The van der Waals surface area contributed by atoms with Crippen molar-refractivity contribution in [1.29, 1.82) is 0 Å². The lowest BCUT2D eigenvalue weighted by molar-refractivity contribution is 0.297. The van der Waals surface area contributed by atoms with Crippen molar-refractivity contribution < 1.29 is 9.50 Å². The van der Waals surface area contributed by atoms with Gasteiger partial charge in [0.2, 0.25) is 0 Å². The summed E-state index contributed by atoms with van der Waals surface area (Å²) in [5, 5.41) is 8.94. The van der Waals surface area contributed by atoms with Gasteiger partial charge in [-0.05, 0) is 72.3 Å². The summed E-state index contributed by atoms with van der Waals surface area (Å²) < 4.78 is 14.0. The Morgan fingerprint density at radius 1 is 1.00 bits per heavy atom. The van der Waals surface area contributed by atoms with Gasteiger partial charge in [0, 0.05) is 6.61 Å². The molecule has 0 aromatic heterocycles. The SMILES string of the molecule is C=CC1CCC(c2ccc(-c3ccc(CCO)c(F)c3)cc2)CC1. The molecular weight excluding hydrogens is 299 g/mol. The fraction of sp³-hybridized carbons (Fsp3) is 0.364. The van der Waals surface area contributed by atoms with E-state index in [0.29, 0.717) is 23.8 Å². The first kappa shape index (κ1) is 16.9. The minimum Gasteiger partial charge on any atom is -0.396 e. The number of hydrogen-bond acceptors (Lipinski definition) is 1. The molecule has 1 nitrogen and oxygen atoms in total. The average molecular weight is 324 g/mol. The van der Waals surface area contributed by atoms with E-state index in [-0.39, 0.29) is 12.4 Å². The monoisotopic (exact) mass is 324 g/mol. The number of allylic oxidation sites excluding steroid dienone is 1. The number of hydrogen-bond donors (Lipinski definition) is 1. The highest BCUT2D eigenvalue weighted by Crippen LogP contribution is 2.36. The normalized spacial score (nSPS) is 20.8. The molecule has 2 heteroatoms. The van der Waals surface area contributed by atoms with Crippen LogP contribution in [0.25, 0.3) is 11.1 Å². The Bertz CT molecular complexity index is 682. The van der Waals surface area contributed by atoms with Crippen LogP contribution >= 0.6 is 0 Å². The van der Waals surface area contributed by atoms with E-state index in [1.165, 1.54) is 31.2 Å². The molecular formula is C22H25FO. The minimum absolute atomic E-state index is 0.0287. The fourth-order valence-electron chi connectivity index (χ4n) is 3.69. The van der Waals surface area contributed by atoms with Crippen LogP contribution in [0.2, 0.25) is 0 Å².